The molecule has 0 amide bonds. The van der Waals surface area contributed by atoms with Gasteiger partial charge in [-0.3, -0.25) is 4.68 Å². The number of hydrogen-bond acceptors (Lipinski definition) is 4. The first-order chi connectivity index (χ1) is 13.2. The zero-order chi connectivity index (χ0) is 20.6. The highest BCUT2D eigenvalue weighted by Crippen LogP contribution is 2.32. The minimum absolute atomic E-state index is 0.301. The van der Waals surface area contributed by atoms with Crippen molar-refractivity contribution in [2.45, 2.75) is 31.7 Å². The van der Waals surface area contributed by atoms with Crippen LogP contribution in [0.15, 0.2) is 41.3 Å². The van der Waals surface area contributed by atoms with Crippen LogP contribution in [0.25, 0.3) is 10.8 Å². The van der Waals surface area contributed by atoms with Crippen molar-refractivity contribution in [2.75, 3.05) is 26.0 Å². The second-order valence-electron chi connectivity index (χ2n) is 7.27. The molecule has 3 aromatic rings. The van der Waals surface area contributed by atoms with Crippen molar-refractivity contribution in [3.63, 3.8) is 0 Å². The predicted molar refractivity (Wildman–Crippen MR) is 114 cm³/mol. The van der Waals surface area contributed by atoms with Crippen LogP contribution >= 0.6 is 0 Å². The van der Waals surface area contributed by atoms with Crippen LogP contribution < -0.4 is 4.90 Å². The van der Waals surface area contributed by atoms with Gasteiger partial charge in [0.2, 0.25) is 10.0 Å². The second-order valence-corrected chi connectivity index (χ2v) is 9.29. The molecule has 0 spiro atoms. The van der Waals surface area contributed by atoms with Crippen molar-refractivity contribution in [3.8, 4) is 0 Å². The van der Waals surface area contributed by atoms with E-state index in [-0.39, 0.29) is 0 Å². The molecule has 0 saturated heterocycles. The van der Waals surface area contributed by atoms with E-state index in [9.17, 15) is 8.42 Å². The molecule has 6 nitrogen and oxygen atoms in total. The second kappa shape index (κ2) is 7.56. The lowest BCUT2D eigenvalue weighted by Gasteiger charge is -2.21. The number of nitrogens with zero attached hydrogens (tertiary/aromatic N) is 4. The van der Waals surface area contributed by atoms with Crippen molar-refractivity contribution >= 4 is 26.5 Å². The Hall–Kier alpha value is -2.38. The van der Waals surface area contributed by atoms with Gasteiger partial charge in [-0.1, -0.05) is 31.2 Å². The van der Waals surface area contributed by atoms with Crippen molar-refractivity contribution < 1.29 is 8.42 Å². The summed E-state index contributed by atoms with van der Waals surface area (Å²) in [4.78, 5) is 2.32. The number of sulfonamides is 1. The minimum atomic E-state index is -3.66. The average Bonchev–Trinajstić information content (AvgIpc) is 2.94. The maximum atomic E-state index is 13.4. The SMILES string of the molecule is CCc1nn(C)c(C)c1CN(C)S(=O)(=O)c1cccc2c(N(C)C)cccc12. The number of fused-ring (bicyclic) bond motifs is 1. The third-order valence-corrected chi connectivity index (χ3v) is 7.15. The number of hydrogen-bond donors (Lipinski definition) is 0. The van der Waals surface area contributed by atoms with E-state index in [1.165, 1.54) is 4.31 Å². The topological polar surface area (TPSA) is 58.4 Å². The summed E-state index contributed by atoms with van der Waals surface area (Å²) in [5.41, 5.74) is 3.90. The Morgan fingerprint density at radius 1 is 1.04 bits per heavy atom. The van der Waals surface area contributed by atoms with E-state index in [1.807, 2.05) is 74.9 Å². The molecule has 0 saturated carbocycles. The van der Waals surface area contributed by atoms with E-state index >= 15 is 0 Å². The van der Waals surface area contributed by atoms with E-state index in [4.69, 9.17) is 0 Å². The highest BCUT2D eigenvalue weighted by atomic mass is 32.2. The Morgan fingerprint density at radius 3 is 2.32 bits per heavy atom. The van der Waals surface area contributed by atoms with E-state index in [0.29, 0.717) is 11.4 Å². The molecule has 28 heavy (non-hydrogen) atoms. The van der Waals surface area contributed by atoms with Crippen molar-refractivity contribution in [3.05, 3.63) is 53.3 Å². The standard InChI is InChI=1S/C21H28N4O2S/c1-7-19-18(15(2)25(6)22-19)14-24(5)28(26,27)21-13-9-10-16-17(21)11-8-12-20(16)23(3)4/h8-13H,7,14H2,1-6H3. The van der Waals surface area contributed by atoms with Gasteiger partial charge >= 0.3 is 0 Å². The molecule has 1 aromatic heterocycles. The number of aryl methyl sites for hydroxylation is 2. The van der Waals surface area contributed by atoms with Crippen molar-refractivity contribution in [1.82, 2.24) is 14.1 Å². The van der Waals surface area contributed by atoms with Gasteiger partial charge < -0.3 is 4.90 Å². The number of aromatic nitrogens is 2. The number of rotatable bonds is 6. The summed E-state index contributed by atoms with van der Waals surface area (Å²) in [5.74, 6) is 0. The Bertz CT molecular complexity index is 1120. The molecule has 150 valence electrons. The maximum absolute atomic E-state index is 13.4. The molecule has 0 N–H and O–H groups in total. The molecule has 1 heterocycles. The Kier molecular flexibility index (Phi) is 5.50. The first-order valence-electron chi connectivity index (χ1n) is 9.35. The first-order valence-corrected chi connectivity index (χ1v) is 10.8. The van der Waals surface area contributed by atoms with Crippen molar-refractivity contribution in [1.29, 1.82) is 0 Å². The van der Waals surface area contributed by atoms with Gasteiger partial charge in [0.05, 0.1) is 10.6 Å². The average molecular weight is 401 g/mol. The van der Waals surface area contributed by atoms with Crippen LogP contribution in [0.3, 0.4) is 0 Å². The molecule has 0 aliphatic heterocycles. The largest absolute Gasteiger partial charge is 0.377 e. The summed E-state index contributed by atoms with van der Waals surface area (Å²) < 4.78 is 30.1. The zero-order valence-corrected chi connectivity index (χ0v) is 18.2. The van der Waals surface area contributed by atoms with Crippen LogP contribution in [0.5, 0.6) is 0 Å². The number of benzene rings is 2. The van der Waals surface area contributed by atoms with Gasteiger partial charge in [-0.25, -0.2) is 8.42 Å². The molecule has 0 radical (unpaired) electrons. The van der Waals surface area contributed by atoms with Gasteiger partial charge in [-0.05, 0) is 25.5 Å². The monoisotopic (exact) mass is 400 g/mol. The van der Waals surface area contributed by atoms with Gasteiger partial charge in [0.25, 0.3) is 0 Å². The zero-order valence-electron chi connectivity index (χ0n) is 17.4. The normalized spacial score (nSPS) is 12.1. The molecule has 0 unspecified atom stereocenters. The molecule has 2 aromatic carbocycles. The Balaban J connectivity index is 2.07. The van der Waals surface area contributed by atoms with Crippen LogP contribution in [0.2, 0.25) is 0 Å². The highest BCUT2D eigenvalue weighted by molar-refractivity contribution is 7.89. The lowest BCUT2D eigenvalue weighted by Crippen LogP contribution is -2.27. The van der Waals surface area contributed by atoms with Crippen LogP contribution in [0.4, 0.5) is 5.69 Å². The molecule has 0 bridgehead atoms. The molecule has 7 heteroatoms. The maximum Gasteiger partial charge on any atom is 0.243 e. The van der Waals surface area contributed by atoms with E-state index in [1.54, 1.807) is 13.1 Å². The fraction of sp³-hybridized carbons (Fsp3) is 0.381. The van der Waals surface area contributed by atoms with Crippen LogP contribution in [-0.4, -0.2) is 43.6 Å². The lowest BCUT2D eigenvalue weighted by atomic mass is 10.1. The first kappa shape index (κ1) is 20.4. The molecule has 3 rings (SSSR count). The summed E-state index contributed by atoms with van der Waals surface area (Å²) >= 11 is 0. The highest BCUT2D eigenvalue weighted by Gasteiger charge is 2.26. The van der Waals surface area contributed by atoms with Gasteiger partial charge in [0.15, 0.2) is 0 Å². The summed E-state index contributed by atoms with van der Waals surface area (Å²) in [6, 6.07) is 11.2. The van der Waals surface area contributed by atoms with Gasteiger partial charge in [0, 0.05) is 62.5 Å². The van der Waals surface area contributed by atoms with E-state index < -0.39 is 10.0 Å². The fourth-order valence-electron chi connectivity index (χ4n) is 3.57. The van der Waals surface area contributed by atoms with Gasteiger partial charge in [0.1, 0.15) is 0 Å². The molecular weight excluding hydrogens is 372 g/mol. The minimum Gasteiger partial charge on any atom is -0.377 e. The van der Waals surface area contributed by atoms with Crippen LogP contribution in [0.1, 0.15) is 23.9 Å². The molecule has 0 aliphatic rings. The fourth-order valence-corrected chi connectivity index (χ4v) is 4.91. The summed E-state index contributed by atoms with van der Waals surface area (Å²) in [6.07, 6.45) is 0.769. The quantitative estimate of drug-likeness (QED) is 0.637. The van der Waals surface area contributed by atoms with Crippen LogP contribution in [0, 0.1) is 6.92 Å². The van der Waals surface area contributed by atoms with Crippen LogP contribution in [-0.2, 0) is 30.0 Å². The smallest absolute Gasteiger partial charge is 0.243 e. The lowest BCUT2D eigenvalue weighted by molar-refractivity contribution is 0.465. The summed E-state index contributed by atoms with van der Waals surface area (Å²) in [7, 11) is 3.78. The third-order valence-electron chi connectivity index (χ3n) is 5.29. The van der Waals surface area contributed by atoms with E-state index in [2.05, 4.69) is 5.10 Å². The summed E-state index contributed by atoms with van der Waals surface area (Å²) in [6.45, 7) is 4.31. The van der Waals surface area contributed by atoms with Gasteiger partial charge in [-0.15, -0.1) is 0 Å². The molecule has 0 fully saturated rings. The summed E-state index contributed by atoms with van der Waals surface area (Å²) in [5, 5.41) is 6.17. The molecular formula is C21H28N4O2S. The predicted octanol–water partition coefficient (Wildman–Crippen LogP) is 3.33. The van der Waals surface area contributed by atoms with Crippen molar-refractivity contribution in [2.24, 2.45) is 7.05 Å². The van der Waals surface area contributed by atoms with E-state index in [0.717, 1.165) is 39.8 Å². The molecule has 0 atom stereocenters. The Labute approximate surface area is 167 Å². The third kappa shape index (κ3) is 3.40. The Morgan fingerprint density at radius 2 is 1.68 bits per heavy atom. The molecule has 0 aliphatic carbocycles. The number of anilines is 1. The van der Waals surface area contributed by atoms with Gasteiger partial charge in [-0.2, -0.15) is 9.40 Å².